The molecule has 1 aromatic heterocycles. The predicted molar refractivity (Wildman–Crippen MR) is 76.0 cm³/mol. The summed E-state index contributed by atoms with van der Waals surface area (Å²) >= 11 is 0. The minimum Gasteiger partial charge on any atom is -0.366 e. The Bertz CT molecular complexity index is 790. The number of nitrogens with zero attached hydrogens (tertiary/aromatic N) is 3. The Morgan fingerprint density at radius 3 is 3.00 bits per heavy atom. The van der Waals surface area contributed by atoms with Crippen LogP contribution in [0.4, 0.5) is 0 Å². The summed E-state index contributed by atoms with van der Waals surface area (Å²) in [5.41, 5.74) is -0.409. The molecule has 1 heterocycles. The van der Waals surface area contributed by atoms with E-state index in [0.29, 0.717) is 4.68 Å². The van der Waals surface area contributed by atoms with Gasteiger partial charge in [0, 0.05) is 23.8 Å². The lowest BCUT2D eigenvalue weighted by Crippen LogP contribution is -2.20. The second-order valence-corrected chi connectivity index (χ2v) is 4.18. The first-order chi connectivity index (χ1) is 12.3. The van der Waals surface area contributed by atoms with Crippen molar-refractivity contribution in [2.24, 2.45) is 6.98 Å². The summed E-state index contributed by atoms with van der Waals surface area (Å²) in [5.74, 6) is 0. The van der Waals surface area contributed by atoms with Gasteiger partial charge in [-0.2, -0.15) is 5.10 Å². The van der Waals surface area contributed by atoms with Crippen LogP contribution < -0.4 is 0 Å². The van der Waals surface area contributed by atoms with Gasteiger partial charge in [0.2, 0.25) is 0 Å². The molecule has 0 aliphatic carbocycles. The van der Waals surface area contributed by atoms with Crippen molar-refractivity contribution >= 4 is 0 Å². The molecule has 0 aliphatic heterocycles. The summed E-state index contributed by atoms with van der Waals surface area (Å²) in [4.78, 5) is 1.52. The van der Waals surface area contributed by atoms with E-state index in [1.54, 1.807) is 32.3 Å². The summed E-state index contributed by atoms with van der Waals surface area (Å²) in [5, 5.41) is 3.56. The van der Waals surface area contributed by atoms with Crippen LogP contribution in [0.5, 0.6) is 0 Å². The maximum absolute atomic E-state index is 8.88. The zero-order valence-electron chi connectivity index (χ0n) is 18.8. The molecule has 1 unspecified atom stereocenters. The van der Waals surface area contributed by atoms with E-state index in [0.717, 1.165) is 0 Å². The number of ether oxygens (including phenoxy) is 1. The molecule has 0 aliphatic rings. The molecule has 1 atom stereocenters. The summed E-state index contributed by atoms with van der Waals surface area (Å²) in [6.07, 6.45) is -3.04. The van der Waals surface area contributed by atoms with Crippen molar-refractivity contribution in [1.82, 2.24) is 14.7 Å². The highest BCUT2D eigenvalue weighted by molar-refractivity contribution is 5.25. The third-order valence-electron chi connectivity index (χ3n) is 2.34. The Morgan fingerprint density at radius 1 is 1.53 bits per heavy atom. The van der Waals surface area contributed by atoms with Gasteiger partial charge in [-0.3, -0.25) is 4.68 Å². The van der Waals surface area contributed by atoms with Crippen LogP contribution in [0.3, 0.4) is 0 Å². The molecule has 4 heteroatoms. The van der Waals surface area contributed by atoms with E-state index >= 15 is 0 Å². The first kappa shape index (κ1) is 6.68. The van der Waals surface area contributed by atoms with Gasteiger partial charge in [-0.25, -0.2) is 0 Å². The van der Waals surface area contributed by atoms with Crippen LogP contribution in [0.15, 0.2) is 42.5 Å². The summed E-state index contributed by atoms with van der Waals surface area (Å²) in [6.45, 7) is -5.42. The Labute approximate surface area is 125 Å². The highest BCUT2D eigenvalue weighted by atomic mass is 16.5. The Hall–Kier alpha value is -1.65. The molecule has 0 fully saturated rings. The topological polar surface area (TPSA) is 30.3 Å². The number of rotatable bonds is 6. The maximum atomic E-state index is 8.88. The van der Waals surface area contributed by atoms with Crippen LogP contribution >= 0.6 is 0 Å². The van der Waals surface area contributed by atoms with E-state index in [1.807, 2.05) is 0 Å². The monoisotopic (exact) mass is 267 g/mol. The van der Waals surface area contributed by atoms with Gasteiger partial charge < -0.3 is 9.64 Å². The molecule has 0 amide bonds. The fourth-order valence-corrected chi connectivity index (χ4v) is 1.45. The van der Waals surface area contributed by atoms with Crippen LogP contribution in [0, 0.1) is 0 Å². The second kappa shape index (κ2) is 6.50. The standard InChI is InChI=1S/C15H21N3O/c1-17(2)11-12-19-15(13-7-5-4-6-8-13)14-9-10-16-18(14)3/h4-10,15H,11-12H2,1-3H3/i3D3,9D,10D,12D2,15D. The van der Waals surface area contributed by atoms with Gasteiger partial charge in [-0.1, -0.05) is 30.3 Å². The number of benzene rings is 1. The van der Waals surface area contributed by atoms with Gasteiger partial charge in [0.05, 0.1) is 19.1 Å². The normalized spacial score (nSPS) is 22.1. The largest absolute Gasteiger partial charge is 0.366 e. The molecule has 0 spiro atoms. The van der Waals surface area contributed by atoms with Crippen LogP contribution in [-0.2, 0) is 11.7 Å². The lowest BCUT2D eigenvalue weighted by molar-refractivity contribution is 0.0638. The Kier molecular flexibility index (Phi) is 2.28. The lowest BCUT2D eigenvalue weighted by Gasteiger charge is -2.20. The molecular formula is C15H21N3O. The maximum Gasteiger partial charge on any atom is 0.124 e. The average Bonchev–Trinajstić information content (AvgIpc) is 2.82. The number of likely N-dealkylation sites (N-methyl/N-ethyl adjacent to an activating group) is 1. The predicted octanol–water partition coefficient (Wildman–Crippen LogP) is 2.09. The van der Waals surface area contributed by atoms with E-state index in [9.17, 15) is 0 Å². The van der Waals surface area contributed by atoms with Gasteiger partial charge >= 0.3 is 0 Å². The van der Waals surface area contributed by atoms with Crippen molar-refractivity contribution in [1.29, 1.82) is 0 Å². The summed E-state index contributed by atoms with van der Waals surface area (Å²) < 4.78 is 69.8. The lowest BCUT2D eigenvalue weighted by atomic mass is 10.1. The highest BCUT2D eigenvalue weighted by Crippen LogP contribution is 2.25. The van der Waals surface area contributed by atoms with E-state index in [-0.39, 0.29) is 12.1 Å². The van der Waals surface area contributed by atoms with Crippen molar-refractivity contribution in [2.75, 3.05) is 27.2 Å². The Balaban J connectivity index is 2.73. The van der Waals surface area contributed by atoms with Crippen molar-refractivity contribution < 1.29 is 15.7 Å². The molecule has 0 bridgehead atoms. The zero-order chi connectivity index (χ0) is 20.6. The fraction of sp³-hybridized carbons (Fsp3) is 0.400. The average molecular weight is 267 g/mol. The van der Waals surface area contributed by atoms with Gasteiger partial charge in [0.1, 0.15) is 6.08 Å². The van der Waals surface area contributed by atoms with Crippen molar-refractivity contribution in [3.8, 4) is 0 Å². The van der Waals surface area contributed by atoms with Crippen molar-refractivity contribution in [3.05, 3.63) is 53.8 Å². The molecule has 2 rings (SSSR count). The molecule has 19 heavy (non-hydrogen) atoms. The summed E-state index contributed by atoms with van der Waals surface area (Å²) in [6, 6.07) is 7.19. The summed E-state index contributed by atoms with van der Waals surface area (Å²) in [7, 11) is 3.25. The quantitative estimate of drug-likeness (QED) is 0.803. The van der Waals surface area contributed by atoms with E-state index in [2.05, 4.69) is 5.10 Å². The zero-order valence-corrected chi connectivity index (χ0v) is 10.8. The molecular weight excluding hydrogens is 238 g/mol. The molecule has 0 saturated heterocycles. The number of aryl methyl sites for hydroxylation is 1. The minimum absolute atomic E-state index is 0.117. The molecule has 2 aromatic rings. The third kappa shape index (κ3) is 3.66. The molecule has 102 valence electrons. The second-order valence-electron chi connectivity index (χ2n) is 4.18. The van der Waals surface area contributed by atoms with E-state index in [1.165, 1.54) is 17.0 Å². The number of hydrogen-bond acceptors (Lipinski definition) is 3. The molecule has 1 aromatic carbocycles. The van der Waals surface area contributed by atoms with Gasteiger partial charge in [-0.15, -0.1) is 0 Å². The molecule has 0 saturated carbocycles. The fourth-order valence-electron chi connectivity index (χ4n) is 1.45. The third-order valence-corrected chi connectivity index (χ3v) is 2.34. The van der Waals surface area contributed by atoms with Gasteiger partial charge in [-0.05, 0) is 25.7 Å². The SMILES string of the molecule is [2H]c1nn(C([2H])([2H])[2H])c(C([2H])(OC([2H])([2H])CN(C)C)c2ccccc2)c1[2H]. The van der Waals surface area contributed by atoms with E-state index in [4.69, 9.17) is 15.7 Å². The van der Waals surface area contributed by atoms with Gasteiger partial charge in [0.15, 0.2) is 0 Å². The van der Waals surface area contributed by atoms with Crippen LogP contribution in [0.25, 0.3) is 0 Å². The smallest absolute Gasteiger partial charge is 0.124 e. The van der Waals surface area contributed by atoms with Crippen molar-refractivity contribution in [2.45, 2.75) is 6.08 Å². The van der Waals surface area contributed by atoms with Crippen LogP contribution in [-0.4, -0.2) is 41.9 Å². The van der Waals surface area contributed by atoms with E-state index < -0.39 is 37.5 Å². The minimum atomic E-state index is -2.87. The first-order valence-electron chi connectivity index (χ1n) is 9.75. The van der Waals surface area contributed by atoms with Crippen LogP contribution in [0.1, 0.15) is 28.3 Å². The number of hydrogen-bond donors (Lipinski definition) is 0. The Morgan fingerprint density at radius 2 is 2.32 bits per heavy atom. The molecule has 0 N–H and O–H groups in total. The number of aromatic nitrogens is 2. The first-order valence-corrected chi connectivity index (χ1v) is 5.75. The molecule has 0 radical (unpaired) electrons. The van der Waals surface area contributed by atoms with Crippen molar-refractivity contribution in [3.63, 3.8) is 0 Å². The molecule has 4 nitrogen and oxygen atoms in total. The van der Waals surface area contributed by atoms with Crippen LogP contribution in [0.2, 0.25) is 0 Å². The van der Waals surface area contributed by atoms with Gasteiger partial charge in [0.25, 0.3) is 0 Å². The highest BCUT2D eigenvalue weighted by Gasteiger charge is 2.17.